The molecule has 1 unspecified atom stereocenters. The second kappa shape index (κ2) is 7.96. The average Bonchev–Trinajstić information content (AvgIpc) is 3.17. The second-order valence-corrected chi connectivity index (χ2v) is 8.70. The van der Waals surface area contributed by atoms with E-state index < -0.39 is 10.8 Å². The second-order valence-electron chi connectivity index (χ2n) is 8.70. The van der Waals surface area contributed by atoms with Crippen molar-refractivity contribution in [1.29, 1.82) is 0 Å². The zero-order valence-electron chi connectivity index (χ0n) is 17.2. The van der Waals surface area contributed by atoms with E-state index in [9.17, 15) is 20.0 Å². The summed E-state index contributed by atoms with van der Waals surface area (Å²) in [5.41, 5.74) is 2.59. The Bertz CT molecular complexity index is 1180. The molecule has 0 spiro atoms. The third kappa shape index (κ3) is 3.67. The maximum Gasteiger partial charge on any atom is 0.315 e. The van der Waals surface area contributed by atoms with Crippen LogP contribution in [0.5, 0.6) is 0 Å². The van der Waals surface area contributed by atoms with Gasteiger partial charge in [-0.1, -0.05) is 18.2 Å². The fraction of sp³-hybridized carbons (Fsp3) is 0.391. The van der Waals surface area contributed by atoms with Crippen LogP contribution in [0.25, 0.3) is 10.9 Å². The molecule has 3 N–H and O–H groups in total. The number of likely N-dealkylation sites (tertiary alicyclic amines) is 1. The molecule has 5 rings (SSSR count). The summed E-state index contributed by atoms with van der Waals surface area (Å²) in [6.45, 7) is 1.70. The number of hydrogen-bond donors (Lipinski definition) is 3. The molecule has 1 amide bonds. The minimum absolute atomic E-state index is 0.0839. The SMILES string of the molecule is O=C(CCCc1c[nH]c2ccccc12)N1C[C@H]2C[C@@H](C1)c1ccc([NH+]([O-])O)c(=O)n1C2. The molecule has 8 heteroatoms. The van der Waals surface area contributed by atoms with E-state index in [1.54, 1.807) is 10.6 Å². The van der Waals surface area contributed by atoms with Crippen molar-refractivity contribution in [3.63, 3.8) is 0 Å². The van der Waals surface area contributed by atoms with E-state index in [2.05, 4.69) is 17.1 Å². The van der Waals surface area contributed by atoms with Crippen molar-refractivity contribution in [2.45, 2.75) is 38.1 Å². The lowest BCUT2D eigenvalue weighted by atomic mass is 9.83. The van der Waals surface area contributed by atoms with Gasteiger partial charge in [-0.2, -0.15) is 5.23 Å². The highest BCUT2D eigenvalue weighted by Gasteiger charge is 2.36. The quantitative estimate of drug-likeness (QED) is 0.544. The van der Waals surface area contributed by atoms with E-state index in [1.807, 2.05) is 23.2 Å². The fourth-order valence-corrected chi connectivity index (χ4v) is 5.24. The van der Waals surface area contributed by atoms with Crippen LogP contribution in [0.15, 0.2) is 47.4 Å². The maximum absolute atomic E-state index is 12.9. The molecule has 4 heterocycles. The van der Waals surface area contributed by atoms with Crippen molar-refractivity contribution >= 4 is 22.5 Å². The maximum atomic E-state index is 12.9. The molecule has 2 aliphatic rings. The van der Waals surface area contributed by atoms with Gasteiger partial charge in [0.2, 0.25) is 11.6 Å². The van der Waals surface area contributed by atoms with E-state index in [4.69, 9.17) is 0 Å². The predicted molar refractivity (Wildman–Crippen MR) is 115 cm³/mol. The number of amides is 1. The number of pyridine rings is 1. The Morgan fingerprint density at radius 3 is 2.87 bits per heavy atom. The largest absolute Gasteiger partial charge is 0.595 e. The van der Waals surface area contributed by atoms with Crippen LogP contribution in [0, 0.1) is 11.1 Å². The summed E-state index contributed by atoms with van der Waals surface area (Å²) in [4.78, 5) is 30.7. The molecule has 31 heavy (non-hydrogen) atoms. The number of aromatic amines is 1. The Morgan fingerprint density at radius 1 is 1.19 bits per heavy atom. The van der Waals surface area contributed by atoms with Crippen LogP contribution in [0.2, 0.25) is 0 Å². The van der Waals surface area contributed by atoms with Crippen LogP contribution in [-0.4, -0.2) is 38.7 Å². The number of aryl methyl sites for hydroxylation is 1. The van der Waals surface area contributed by atoms with Gasteiger partial charge in [-0.3, -0.25) is 9.59 Å². The molecular formula is C23H26N4O4. The molecule has 1 aromatic carbocycles. The first kappa shape index (κ1) is 20.0. The summed E-state index contributed by atoms with van der Waals surface area (Å²) in [6.07, 6.45) is 5.12. The van der Waals surface area contributed by atoms with Crippen molar-refractivity contribution in [2.75, 3.05) is 13.1 Å². The van der Waals surface area contributed by atoms with Crippen LogP contribution >= 0.6 is 0 Å². The average molecular weight is 422 g/mol. The summed E-state index contributed by atoms with van der Waals surface area (Å²) in [5.74, 6) is 0.429. The first-order valence-electron chi connectivity index (χ1n) is 10.8. The summed E-state index contributed by atoms with van der Waals surface area (Å²) in [6, 6.07) is 11.3. The third-order valence-corrected chi connectivity index (χ3v) is 6.70. The molecule has 162 valence electrons. The van der Waals surface area contributed by atoms with Crippen molar-refractivity contribution in [3.05, 3.63) is 69.4 Å². The zero-order valence-corrected chi connectivity index (χ0v) is 17.2. The minimum atomic E-state index is -1.19. The number of rotatable bonds is 5. The Balaban J connectivity index is 1.24. The first-order chi connectivity index (χ1) is 15.0. The number of carbonyl (C=O) groups is 1. The molecule has 0 radical (unpaired) electrons. The number of carbonyl (C=O) groups excluding carboxylic acids is 1. The molecule has 1 fully saturated rings. The van der Waals surface area contributed by atoms with Crippen LogP contribution < -0.4 is 10.8 Å². The van der Waals surface area contributed by atoms with Gasteiger partial charge in [0.25, 0.3) is 0 Å². The zero-order chi connectivity index (χ0) is 21.5. The highest BCUT2D eigenvalue weighted by molar-refractivity contribution is 5.83. The smallest absolute Gasteiger partial charge is 0.315 e. The Morgan fingerprint density at radius 2 is 2.03 bits per heavy atom. The van der Waals surface area contributed by atoms with Crippen molar-refractivity contribution in [1.82, 2.24) is 14.5 Å². The van der Waals surface area contributed by atoms with Crippen LogP contribution in [-0.2, 0) is 17.8 Å². The topological polar surface area (TPSA) is 106 Å². The molecule has 0 aliphatic carbocycles. The summed E-state index contributed by atoms with van der Waals surface area (Å²) < 4.78 is 1.61. The number of benzene rings is 1. The highest BCUT2D eigenvalue weighted by atomic mass is 16.8. The number of aromatic nitrogens is 2. The summed E-state index contributed by atoms with van der Waals surface area (Å²) in [5, 5.41) is 20.5. The summed E-state index contributed by atoms with van der Waals surface area (Å²) >= 11 is 0. The lowest BCUT2D eigenvalue weighted by Crippen LogP contribution is -3.00. The molecule has 8 nitrogen and oxygen atoms in total. The van der Waals surface area contributed by atoms with Gasteiger partial charge < -0.3 is 19.7 Å². The number of nitrogens with zero attached hydrogens (tertiary/aromatic N) is 2. The van der Waals surface area contributed by atoms with E-state index in [1.165, 1.54) is 17.0 Å². The molecular weight excluding hydrogens is 396 g/mol. The predicted octanol–water partition coefficient (Wildman–Crippen LogP) is 1.70. The van der Waals surface area contributed by atoms with Gasteiger partial charge in [-0.05, 0) is 42.9 Å². The van der Waals surface area contributed by atoms with E-state index in [-0.39, 0.29) is 23.4 Å². The minimum Gasteiger partial charge on any atom is -0.595 e. The normalized spacial score (nSPS) is 21.2. The number of fused-ring (bicyclic) bond motifs is 5. The number of nitrogens with one attached hydrogen (secondary N) is 2. The highest BCUT2D eigenvalue weighted by Crippen LogP contribution is 2.35. The standard InChI is InChI=1S/C23H26N4O4/c28-22(7-3-4-16-11-24-19-6-2-1-5-18(16)19)25-12-15-10-17(14-25)20-8-9-21(27(30)31)23(29)26(20)13-15/h1-2,5-6,8-9,11,15,17,24,27,30H,3-4,7,10,12-14H2/t15-,17+/m1/s1. The van der Waals surface area contributed by atoms with Crippen molar-refractivity contribution in [3.8, 4) is 0 Å². The monoisotopic (exact) mass is 422 g/mol. The number of H-pyrrole nitrogens is 1. The molecule has 3 atom stereocenters. The molecule has 1 saturated heterocycles. The lowest BCUT2D eigenvalue weighted by Gasteiger charge is -2.43. The Kier molecular flexibility index (Phi) is 5.13. The number of hydrogen-bond acceptors (Lipinski definition) is 4. The van der Waals surface area contributed by atoms with Crippen LogP contribution in [0.3, 0.4) is 0 Å². The van der Waals surface area contributed by atoms with Crippen molar-refractivity contribution < 1.29 is 15.2 Å². The van der Waals surface area contributed by atoms with Gasteiger partial charge in [0.15, 0.2) is 0 Å². The van der Waals surface area contributed by atoms with Crippen LogP contribution in [0.4, 0.5) is 5.69 Å². The third-order valence-electron chi connectivity index (χ3n) is 6.70. The molecule has 2 aliphatic heterocycles. The van der Waals surface area contributed by atoms with Gasteiger partial charge in [0.05, 0.1) is 0 Å². The Labute approximate surface area is 179 Å². The Hall–Kier alpha value is -2.94. The van der Waals surface area contributed by atoms with E-state index in [0.29, 0.717) is 26.1 Å². The molecule has 3 aromatic rings. The lowest BCUT2D eigenvalue weighted by molar-refractivity contribution is -0.992. The van der Waals surface area contributed by atoms with Gasteiger partial charge in [0.1, 0.15) is 0 Å². The molecule has 2 bridgehead atoms. The fourth-order valence-electron chi connectivity index (χ4n) is 5.24. The number of quaternary nitrogens is 1. The van der Waals surface area contributed by atoms with E-state index in [0.717, 1.165) is 30.5 Å². The van der Waals surface area contributed by atoms with E-state index >= 15 is 0 Å². The van der Waals surface area contributed by atoms with Gasteiger partial charge in [-0.25, -0.2) is 5.21 Å². The van der Waals surface area contributed by atoms with Gasteiger partial charge in [-0.15, -0.1) is 0 Å². The number of para-hydroxylation sites is 1. The van der Waals surface area contributed by atoms with Gasteiger partial charge >= 0.3 is 5.56 Å². The summed E-state index contributed by atoms with van der Waals surface area (Å²) in [7, 11) is 0. The first-order valence-corrected chi connectivity index (χ1v) is 10.8. The van der Waals surface area contributed by atoms with Crippen molar-refractivity contribution in [2.24, 2.45) is 5.92 Å². The number of piperidine rings is 1. The molecule has 2 aromatic heterocycles. The van der Waals surface area contributed by atoms with Crippen LogP contribution in [0.1, 0.15) is 36.4 Å². The van der Waals surface area contributed by atoms with Gasteiger partial charge in [0, 0.05) is 60.8 Å². The molecule has 0 saturated carbocycles.